The van der Waals surface area contributed by atoms with Crippen LogP contribution in [0.5, 0.6) is 0 Å². The van der Waals surface area contributed by atoms with Crippen LogP contribution in [-0.4, -0.2) is 11.7 Å². The number of carbonyl (C=O) groups is 1. The number of thioether (sulfide) groups is 1. The zero-order chi connectivity index (χ0) is 19.1. The van der Waals surface area contributed by atoms with E-state index in [9.17, 15) is 4.79 Å². The van der Waals surface area contributed by atoms with Gasteiger partial charge in [0.1, 0.15) is 0 Å². The number of amides is 1. The highest BCUT2D eigenvalue weighted by Gasteiger charge is 2.16. The smallest absolute Gasteiger partial charge is 0.230 e. The van der Waals surface area contributed by atoms with Crippen LogP contribution >= 0.6 is 11.8 Å². The van der Waals surface area contributed by atoms with Crippen LogP contribution in [0.3, 0.4) is 0 Å². The van der Waals surface area contributed by atoms with Crippen molar-refractivity contribution in [3.63, 3.8) is 0 Å². The van der Waals surface area contributed by atoms with Gasteiger partial charge in [0.25, 0.3) is 0 Å². The Morgan fingerprint density at radius 2 is 1.48 bits per heavy atom. The van der Waals surface area contributed by atoms with E-state index in [1.54, 1.807) is 11.8 Å². The first-order valence-corrected chi connectivity index (χ1v) is 10.3. The van der Waals surface area contributed by atoms with Gasteiger partial charge in [-0.2, -0.15) is 0 Å². The Balaban J connectivity index is 1.66. The molecule has 3 rings (SSSR count). The molecule has 1 atom stereocenters. The summed E-state index contributed by atoms with van der Waals surface area (Å²) in [5.74, 6) is 1.35. The van der Waals surface area contributed by atoms with E-state index in [2.05, 4.69) is 67.7 Å². The van der Waals surface area contributed by atoms with Crippen molar-refractivity contribution in [1.29, 1.82) is 0 Å². The Labute approximate surface area is 166 Å². The summed E-state index contributed by atoms with van der Waals surface area (Å²) in [7, 11) is 0. The van der Waals surface area contributed by atoms with Crippen molar-refractivity contribution in [1.82, 2.24) is 5.32 Å². The van der Waals surface area contributed by atoms with Crippen LogP contribution in [0, 0.1) is 13.8 Å². The van der Waals surface area contributed by atoms with Gasteiger partial charge in [0, 0.05) is 5.75 Å². The van der Waals surface area contributed by atoms with E-state index in [0.29, 0.717) is 5.75 Å². The third-order valence-corrected chi connectivity index (χ3v) is 5.58. The van der Waals surface area contributed by atoms with Gasteiger partial charge in [-0.1, -0.05) is 84.4 Å². The SMILES string of the molecule is Cc1ccc([C@@H](NC(=O)CSCc2ccccc2C)c2ccccc2)cc1. The molecule has 0 spiro atoms. The topological polar surface area (TPSA) is 29.1 Å². The Kier molecular flexibility index (Phi) is 6.72. The fourth-order valence-electron chi connectivity index (χ4n) is 2.99. The van der Waals surface area contributed by atoms with Crippen LogP contribution < -0.4 is 5.32 Å². The molecule has 0 unspecified atom stereocenters. The molecule has 1 amide bonds. The standard InChI is InChI=1S/C24H25NOS/c1-18-12-14-21(15-13-18)24(20-9-4-3-5-10-20)25-23(26)17-27-16-22-11-7-6-8-19(22)2/h3-15,24H,16-17H2,1-2H3,(H,25,26)/t24-/m0/s1. The molecular weight excluding hydrogens is 350 g/mol. The minimum Gasteiger partial charge on any atom is -0.344 e. The highest BCUT2D eigenvalue weighted by molar-refractivity contribution is 7.99. The van der Waals surface area contributed by atoms with Crippen molar-refractivity contribution < 1.29 is 4.79 Å². The van der Waals surface area contributed by atoms with Crippen LogP contribution in [0.25, 0.3) is 0 Å². The Hall–Kier alpha value is -2.52. The molecule has 3 heteroatoms. The van der Waals surface area contributed by atoms with Gasteiger partial charge in [-0.05, 0) is 36.1 Å². The molecule has 1 N–H and O–H groups in total. The van der Waals surface area contributed by atoms with E-state index in [1.165, 1.54) is 16.7 Å². The van der Waals surface area contributed by atoms with Crippen LogP contribution in [-0.2, 0) is 10.5 Å². The van der Waals surface area contributed by atoms with Crippen LogP contribution in [0.4, 0.5) is 0 Å². The fraction of sp³-hybridized carbons (Fsp3) is 0.208. The normalized spacial score (nSPS) is 11.8. The zero-order valence-electron chi connectivity index (χ0n) is 15.8. The maximum atomic E-state index is 12.6. The predicted octanol–water partition coefficient (Wildman–Crippen LogP) is 5.44. The maximum absolute atomic E-state index is 12.6. The molecule has 3 aromatic rings. The molecule has 0 saturated carbocycles. The summed E-state index contributed by atoms with van der Waals surface area (Å²) in [6, 6.07) is 26.7. The van der Waals surface area contributed by atoms with E-state index in [4.69, 9.17) is 0 Å². The van der Waals surface area contributed by atoms with Crippen molar-refractivity contribution in [2.45, 2.75) is 25.6 Å². The molecule has 0 bridgehead atoms. The van der Waals surface area contributed by atoms with Gasteiger partial charge < -0.3 is 5.32 Å². The summed E-state index contributed by atoms with van der Waals surface area (Å²) < 4.78 is 0. The molecule has 2 nitrogen and oxygen atoms in total. The minimum absolute atomic E-state index is 0.0583. The highest BCUT2D eigenvalue weighted by atomic mass is 32.2. The number of rotatable bonds is 7. The quantitative estimate of drug-likeness (QED) is 0.595. The molecule has 0 aliphatic heterocycles. The van der Waals surface area contributed by atoms with Crippen molar-refractivity contribution in [3.8, 4) is 0 Å². The van der Waals surface area contributed by atoms with Gasteiger partial charge in [-0.15, -0.1) is 11.8 Å². The molecule has 0 aliphatic carbocycles. The number of carbonyl (C=O) groups excluding carboxylic acids is 1. The molecule has 0 saturated heterocycles. The Bertz CT molecular complexity index is 874. The lowest BCUT2D eigenvalue weighted by atomic mass is 9.98. The molecule has 0 aromatic heterocycles. The lowest BCUT2D eigenvalue weighted by Crippen LogP contribution is -2.30. The van der Waals surface area contributed by atoms with Gasteiger partial charge in [0.15, 0.2) is 0 Å². The van der Waals surface area contributed by atoms with E-state index in [1.807, 2.05) is 30.3 Å². The van der Waals surface area contributed by atoms with Crippen molar-refractivity contribution in [2.75, 3.05) is 5.75 Å². The van der Waals surface area contributed by atoms with Crippen molar-refractivity contribution in [3.05, 3.63) is 107 Å². The van der Waals surface area contributed by atoms with Crippen LogP contribution in [0.1, 0.15) is 33.9 Å². The summed E-state index contributed by atoms with van der Waals surface area (Å²) in [4.78, 5) is 12.6. The number of aryl methyl sites for hydroxylation is 2. The highest BCUT2D eigenvalue weighted by Crippen LogP contribution is 2.23. The van der Waals surface area contributed by atoms with E-state index in [0.717, 1.165) is 16.9 Å². The second-order valence-corrected chi connectivity index (χ2v) is 7.73. The molecule has 0 aliphatic rings. The molecule has 3 aromatic carbocycles. The van der Waals surface area contributed by atoms with E-state index >= 15 is 0 Å². The average molecular weight is 376 g/mol. The fourth-order valence-corrected chi connectivity index (χ4v) is 3.91. The second-order valence-electron chi connectivity index (χ2n) is 6.74. The zero-order valence-corrected chi connectivity index (χ0v) is 16.6. The van der Waals surface area contributed by atoms with E-state index in [-0.39, 0.29) is 11.9 Å². The number of nitrogens with one attached hydrogen (secondary N) is 1. The largest absolute Gasteiger partial charge is 0.344 e. The molecule has 0 radical (unpaired) electrons. The lowest BCUT2D eigenvalue weighted by molar-refractivity contribution is -0.119. The molecule has 27 heavy (non-hydrogen) atoms. The summed E-state index contributed by atoms with van der Waals surface area (Å²) in [5, 5.41) is 3.21. The third-order valence-electron chi connectivity index (χ3n) is 4.60. The molecule has 0 heterocycles. The van der Waals surface area contributed by atoms with Gasteiger partial charge in [0.05, 0.1) is 11.8 Å². The van der Waals surface area contributed by atoms with Crippen molar-refractivity contribution >= 4 is 17.7 Å². The number of benzene rings is 3. The second kappa shape index (κ2) is 9.43. The average Bonchev–Trinajstić information content (AvgIpc) is 2.69. The summed E-state index contributed by atoms with van der Waals surface area (Å²) in [6.07, 6.45) is 0. The first kappa shape index (κ1) is 19.2. The Morgan fingerprint density at radius 3 is 2.19 bits per heavy atom. The number of hydrogen-bond donors (Lipinski definition) is 1. The maximum Gasteiger partial charge on any atom is 0.230 e. The summed E-state index contributed by atoms with van der Waals surface area (Å²) >= 11 is 1.65. The minimum atomic E-state index is -0.127. The van der Waals surface area contributed by atoms with Gasteiger partial charge in [0.2, 0.25) is 5.91 Å². The predicted molar refractivity (Wildman–Crippen MR) is 115 cm³/mol. The monoisotopic (exact) mass is 375 g/mol. The molecular formula is C24H25NOS. The number of hydrogen-bond acceptors (Lipinski definition) is 2. The van der Waals surface area contributed by atoms with Crippen LogP contribution in [0.15, 0.2) is 78.9 Å². The first-order chi connectivity index (χ1) is 13.1. The van der Waals surface area contributed by atoms with Gasteiger partial charge in [-0.25, -0.2) is 0 Å². The molecule has 138 valence electrons. The lowest BCUT2D eigenvalue weighted by Gasteiger charge is -2.20. The van der Waals surface area contributed by atoms with Gasteiger partial charge >= 0.3 is 0 Å². The third kappa shape index (κ3) is 5.48. The summed E-state index contributed by atoms with van der Waals surface area (Å²) in [5.41, 5.74) is 5.97. The van der Waals surface area contributed by atoms with Crippen molar-refractivity contribution in [2.24, 2.45) is 0 Å². The summed E-state index contributed by atoms with van der Waals surface area (Å²) in [6.45, 7) is 4.18. The van der Waals surface area contributed by atoms with E-state index < -0.39 is 0 Å². The van der Waals surface area contributed by atoms with Gasteiger partial charge in [-0.3, -0.25) is 4.79 Å². The molecule has 0 fully saturated rings. The first-order valence-electron chi connectivity index (χ1n) is 9.16. The Morgan fingerprint density at radius 1 is 0.852 bits per heavy atom. The van der Waals surface area contributed by atoms with Crippen LogP contribution in [0.2, 0.25) is 0 Å².